The molecule has 0 radical (unpaired) electrons. The second-order valence-electron chi connectivity index (χ2n) is 6.13. The van der Waals surface area contributed by atoms with Crippen LogP contribution in [-0.2, 0) is 6.54 Å². The largest absolute Gasteiger partial charge is 0.394 e. The summed E-state index contributed by atoms with van der Waals surface area (Å²) in [4.78, 5) is 12.0. The molecule has 3 N–H and O–H groups in total. The number of benzene rings is 3. The molecular formula is C21H22N2O2. The zero-order valence-electron chi connectivity index (χ0n) is 14.2. The third kappa shape index (κ3) is 4.17. The number of nitrogens with one attached hydrogen (secondary N) is 2. The summed E-state index contributed by atoms with van der Waals surface area (Å²) in [6.45, 7) is 2.41. The van der Waals surface area contributed by atoms with Crippen LogP contribution in [0.4, 0.5) is 5.69 Å². The van der Waals surface area contributed by atoms with Gasteiger partial charge in [-0.1, -0.05) is 42.5 Å². The van der Waals surface area contributed by atoms with Crippen LogP contribution in [0.5, 0.6) is 0 Å². The third-order valence-electron chi connectivity index (χ3n) is 4.16. The predicted octanol–water partition coefficient (Wildman–Crippen LogP) is 3.56. The molecule has 0 spiro atoms. The van der Waals surface area contributed by atoms with Crippen molar-refractivity contribution in [3.63, 3.8) is 0 Å². The highest BCUT2D eigenvalue weighted by atomic mass is 16.3. The molecule has 3 aromatic carbocycles. The van der Waals surface area contributed by atoms with Gasteiger partial charge in [-0.05, 0) is 47.5 Å². The fourth-order valence-corrected chi connectivity index (χ4v) is 2.74. The number of fused-ring (bicyclic) bond motifs is 1. The molecule has 0 saturated carbocycles. The van der Waals surface area contributed by atoms with Gasteiger partial charge in [-0.25, -0.2) is 0 Å². The highest BCUT2D eigenvalue weighted by Crippen LogP contribution is 2.20. The van der Waals surface area contributed by atoms with Crippen LogP contribution in [0.15, 0.2) is 66.7 Å². The highest BCUT2D eigenvalue weighted by Gasteiger charge is 2.08. The minimum absolute atomic E-state index is 0.0730. The lowest BCUT2D eigenvalue weighted by Gasteiger charge is -2.12. The van der Waals surface area contributed by atoms with Gasteiger partial charge < -0.3 is 15.7 Å². The molecule has 0 aliphatic heterocycles. The van der Waals surface area contributed by atoms with E-state index in [-0.39, 0.29) is 18.6 Å². The second-order valence-corrected chi connectivity index (χ2v) is 6.13. The van der Waals surface area contributed by atoms with Crippen molar-refractivity contribution in [2.45, 2.75) is 19.5 Å². The normalized spacial score (nSPS) is 11.9. The van der Waals surface area contributed by atoms with Crippen molar-refractivity contribution in [1.82, 2.24) is 5.32 Å². The van der Waals surface area contributed by atoms with Crippen LogP contribution >= 0.6 is 0 Å². The fourth-order valence-electron chi connectivity index (χ4n) is 2.74. The number of carbonyl (C=O) groups excluding carboxylic acids is 1. The van der Waals surface area contributed by atoms with Crippen molar-refractivity contribution in [3.8, 4) is 0 Å². The molecule has 0 heterocycles. The molecule has 1 amide bonds. The number of aliphatic hydroxyl groups is 1. The molecule has 0 aliphatic rings. The minimum Gasteiger partial charge on any atom is -0.394 e. The first-order valence-electron chi connectivity index (χ1n) is 8.39. The van der Waals surface area contributed by atoms with E-state index in [9.17, 15) is 4.79 Å². The van der Waals surface area contributed by atoms with Gasteiger partial charge in [0.1, 0.15) is 0 Å². The van der Waals surface area contributed by atoms with E-state index in [1.54, 1.807) is 19.1 Å². The van der Waals surface area contributed by atoms with Gasteiger partial charge in [0.15, 0.2) is 0 Å². The summed E-state index contributed by atoms with van der Waals surface area (Å²) in [7, 11) is 0. The average molecular weight is 334 g/mol. The first-order valence-corrected chi connectivity index (χ1v) is 8.39. The van der Waals surface area contributed by atoms with Gasteiger partial charge in [0.05, 0.1) is 6.61 Å². The Morgan fingerprint density at radius 3 is 2.48 bits per heavy atom. The number of anilines is 1. The lowest BCUT2D eigenvalue weighted by Crippen LogP contribution is -2.34. The molecular weight excluding hydrogens is 312 g/mol. The standard InChI is InChI=1S/C21H22N2O2/c1-15(14-24)23-21(25)17-9-11-19(12-10-17)22-13-18-7-4-6-16-5-2-3-8-20(16)18/h2-12,15,22,24H,13-14H2,1H3,(H,23,25). The number of amides is 1. The summed E-state index contributed by atoms with van der Waals surface area (Å²) >= 11 is 0. The molecule has 0 bridgehead atoms. The monoisotopic (exact) mass is 334 g/mol. The Bertz CT molecular complexity index is 854. The molecule has 128 valence electrons. The Balaban J connectivity index is 1.66. The highest BCUT2D eigenvalue weighted by molar-refractivity contribution is 5.94. The lowest BCUT2D eigenvalue weighted by atomic mass is 10.0. The lowest BCUT2D eigenvalue weighted by molar-refractivity contribution is 0.0922. The predicted molar refractivity (Wildman–Crippen MR) is 102 cm³/mol. The smallest absolute Gasteiger partial charge is 0.251 e. The number of rotatable bonds is 6. The van der Waals surface area contributed by atoms with Crippen LogP contribution in [0.1, 0.15) is 22.8 Å². The Labute approximate surface area is 147 Å². The van der Waals surface area contributed by atoms with Gasteiger partial charge in [-0.3, -0.25) is 4.79 Å². The van der Waals surface area contributed by atoms with Crippen molar-refractivity contribution in [1.29, 1.82) is 0 Å². The van der Waals surface area contributed by atoms with Crippen molar-refractivity contribution in [2.75, 3.05) is 11.9 Å². The first-order chi connectivity index (χ1) is 12.2. The van der Waals surface area contributed by atoms with E-state index in [0.717, 1.165) is 5.69 Å². The summed E-state index contributed by atoms with van der Waals surface area (Å²) in [6.07, 6.45) is 0. The van der Waals surface area contributed by atoms with E-state index in [2.05, 4.69) is 41.0 Å². The molecule has 0 fully saturated rings. The molecule has 4 nitrogen and oxygen atoms in total. The maximum atomic E-state index is 12.0. The summed E-state index contributed by atoms with van der Waals surface area (Å²) < 4.78 is 0. The number of carbonyl (C=O) groups is 1. The van der Waals surface area contributed by atoms with Crippen LogP contribution in [0.25, 0.3) is 10.8 Å². The Morgan fingerprint density at radius 2 is 1.72 bits per heavy atom. The molecule has 0 aromatic heterocycles. The molecule has 3 rings (SSSR count). The maximum Gasteiger partial charge on any atom is 0.251 e. The molecule has 1 unspecified atom stereocenters. The van der Waals surface area contributed by atoms with Crippen LogP contribution in [0, 0.1) is 0 Å². The second kappa shape index (κ2) is 7.81. The van der Waals surface area contributed by atoms with Gasteiger partial charge in [0.2, 0.25) is 0 Å². The topological polar surface area (TPSA) is 61.4 Å². The van der Waals surface area contributed by atoms with Gasteiger partial charge in [0.25, 0.3) is 5.91 Å². The zero-order valence-corrected chi connectivity index (χ0v) is 14.2. The van der Waals surface area contributed by atoms with Crippen LogP contribution in [0.3, 0.4) is 0 Å². The molecule has 1 atom stereocenters. The summed E-state index contributed by atoms with van der Waals surface area (Å²) in [5.74, 6) is -0.179. The maximum absolute atomic E-state index is 12.0. The number of aliphatic hydroxyl groups excluding tert-OH is 1. The van der Waals surface area contributed by atoms with Crippen molar-refractivity contribution in [2.24, 2.45) is 0 Å². The van der Waals surface area contributed by atoms with Crippen LogP contribution in [-0.4, -0.2) is 23.7 Å². The third-order valence-corrected chi connectivity index (χ3v) is 4.16. The first kappa shape index (κ1) is 17.0. The van der Waals surface area contributed by atoms with E-state index in [0.29, 0.717) is 12.1 Å². The van der Waals surface area contributed by atoms with Crippen molar-refractivity contribution >= 4 is 22.4 Å². The Kier molecular flexibility index (Phi) is 5.31. The SMILES string of the molecule is CC(CO)NC(=O)c1ccc(NCc2cccc3ccccc23)cc1. The van der Waals surface area contributed by atoms with Gasteiger partial charge in [-0.2, -0.15) is 0 Å². The molecule has 25 heavy (non-hydrogen) atoms. The van der Waals surface area contributed by atoms with Crippen molar-refractivity contribution in [3.05, 3.63) is 77.9 Å². The number of hydrogen-bond acceptors (Lipinski definition) is 3. The summed E-state index contributed by atoms with van der Waals surface area (Å²) in [6, 6.07) is 21.7. The molecule has 3 aromatic rings. The molecule has 0 saturated heterocycles. The fraction of sp³-hybridized carbons (Fsp3) is 0.190. The molecule has 4 heteroatoms. The Hall–Kier alpha value is -2.85. The number of hydrogen-bond donors (Lipinski definition) is 3. The van der Waals surface area contributed by atoms with E-state index >= 15 is 0 Å². The van der Waals surface area contributed by atoms with Gasteiger partial charge >= 0.3 is 0 Å². The van der Waals surface area contributed by atoms with E-state index in [1.165, 1.54) is 16.3 Å². The van der Waals surface area contributed by atoms with Crippen molar-refractivity contribution < 1.29 is 9.90 Å². The molecule has 0 aliphatic carbocycles. The summed E-state index contributed by atoms with van der Waals surface area (Å²) in [5.41, 5.74) is 2.77. The van der Waals surface area contributed by atoms with E-state index in [4.69, 9.17) is 5.11 Å². The average Bonchev–Trinajstić information content (AvgIpc) is 2.66. The van der Waals surface area contributed by atoms with E-state index < -0.39 is 0 Å². The van der Waals surface area contributed by atoms with Gasteiger partial charge in [-0.15, -0.1) is 0 Å². The quantitative estimate of drug-likeness (QED) is 0.646. The van der Waals surface area contributed by atoms with Crippen LogP contribution < -0.4 is 10.6 Å². The minimum atomic E-state index is -0.253. The Morgan fingerprint density at radius 1 is 1.00 bits per heavy atom. The van der Waals surface area contributed by atoms with Crippen LogP contribution in [0.2, 0.25) is 0 Å². The zero-order chi connectivity index (χ0) is 17.6. The summed E-state index contributed by atoms with van der Waals surface area (Å²) in [5, 5.41) is 17.6. The van der Waals surface area contributed by atoms with E-state index in [1.807, 2.05) is 24.3 Å². The van der Waals surface area contributed by atoms with Gasteiger partial charge in [0, 0.05) is 23.8 Å².